The van der Waals surface area contributed by atoms with E-state index in [1.165, 1.54) is 0 Å². The van der Waals surface area contributed by atoms with Crippen LogP contribution in [0.2, 0.25) is 0 Å². The normalized spacial score (nSPS) is 16.8. The molecule has 1 fully saturated rings. The molecule has 1 unspecified atom stereocenters. The van der Waals surface area contributed by atoms with E-state index in [4.69, 9.17) is 9.15 Å². The maximum atomic E-state index is 12.8. The highest BCUT2D eigenvalue weighted by Crippen LogP contribution is 2.24. The number of nitrogens with zero attached hydrogens (tertiary/aromatic N) is 1. The monoisotopic (exact) mass is 342 g/mol. The minimum Gasteiger partial charge on any atom is -0.497 e. The van der Waals surface area contributed by atoms with E-state index in [9.17, 15) is 9.59 Å². The first kappa shape index (κ1) is 17.1. The molecule has 6 heteroatoms. The van der Waals surface area contributed by atoms with Crippen LogP contribution in [0.5, 0.6) is 5.75 Å². The van der Waals surface area contributed by atoms with Gasteiger partial charge in [-0.2, -0.15) is 0 Å². The van der Waals surface area contributed by atoms with Gasteiger partial charge >= 0.3 is 0 Å². The Morgan fingerprint density at radius 1 is 1.24 bits per heavy atom. The van der Waals surface area contributed by atoms with Gasteiger partial charge in [-0.15, -0.1) is 0 Å². The van der Waals surface area contributed by atoms with Gasteiger partial charge in [-0.05, 0) is 57.0 Å². The molecule has 1 atom stereocenters. The minimum absolute atomic E-state index is 0.151. The lowest BCUT2D eigenvalue weighted by molar-refractivity contribution is -0.119. The molecule has 0 bridgehead atoms. The molecule has 2 heterocycles. The highest BCUT2D eigenvalue weighted by atomic mass is 16.5. The van der Waals surface area contributed by atoms with Gasteiger partial charge in [0.05, 0.1) is 12.7 Å². The van der Waals surface area contributed by atoms with Gasteiger partial charge in [-0.25, -0.2) is 0 Å². The second kappa shape index (κ2) is 7.01. The van der Waals surface area contributed by atoms with Crippen LogP contribution in [0.3, 0.4) is 0 Å². The molecular formula is C19H22N2O4. The number of carbonyl (C=O) groups is 2. The average molecular weight is 342 g/mol. The molecular weight excluding hydrogens is 320 g/mol. The van der Waals surface area contributed by atoms with Crippen molar-refractivity contribution in [2.45, 2.75) is 32.7 Å². The van der Waals surface area contributed by atoms with Gasteiger partial charge in [0.1, 0.15) is 23.3 Å². The van der Waals surface area contributed by atoms with E-state index in [0.29, 0.717) is 35.7 Å². The molecule has 2 amide bonds. The van der Waals surface area contributed by atoms with Crippen LogP contribution in [-0.2, 0) is 4.79 Å². The number of aryl methyl sites for hydroxylation is 2. The van der Waals surface area contributed by atoms with Gasteiger partial charge in [0.15, 0.2) is 0 Å². The Labute approximate surface area is 146 Å². The standard InChI is InChI=1S/C19H22N2O4/c1-12-11-16(13(2)25-12)19(23)21-10-4-5-17(21)18(22)20-14-6-8-15(24-3)9-7-14/h6-9,11,17H,4-5,10H2,1-3H3,(H,20,22). The number of likely N-dealkylation sites (tertiary alicyclic amines) is 1. The number of hydrogen-bond acceptors (Lipinski definition) is 4. The fourth-order valence-corrected chi connectivity index (χ4v) is 3.18. The summed E-state index contributed by atoms with van der Waals surface area (Å²) in [6, 6.07) is 8.39. The van der Waals surface area contributed by atoms with Gasteiger partial charge in [0.25, 0.3) is 5.91 Å². The van der Waals surface area contributed by atoms with Crippen molar-refractivity contribution >= 4 is 17.5 Å². The van der Waals surface area contributed by atoms with Crippen molar-refractivity contribution in [1.82, 2.24) is 4.90 Å². The van der Waals surface area contributed by atoms with Crippen LogP contribution >= 0.6 is 0 Å². The highest BCUT2D eigenvalue weighted by Gasteiger charge is 2.35. The quantitative estimate of drug-likeness (QED) is 0.926. The summed E-state index contributed by atoms with van der Waals surface area (Å²) >= 11 is 0. The molecule has 3 rings (SSSR count). The molecule has 0 spiro atoms. The lowest BCUT2D eigenvalue weighted by Crippen LogP contribution is -2.43. The number of carbonyl (C=O) groups excluding carboxylic acids is 2. The highest BCUT2D eigenvalue weighted by molar-refractivity contribution is 6.02. The predicted molar refractivity (Wildman–Crippen MR) is 93.9 cm³/mol. The molecule has 0 aliphatic carbocycles. The number of ether oxygens (including phenoxy) is 1. The van der Waals surface area contributed by atoms with Crippen LogP contribution in [0, 0.1) is 13.8 Å². The van der Waals surface area contributed by atoms with E-state index >= 15 is 0 Å². The summed E-state index contributed by atoms with van der Waals surface area (Å²) in [6.07, 6.45) is 1.46. The maximum absolute atomic E-state index is 12.8. The van der Waals surface area contributed by atoms with Crippen LogP contribution in [0.1, 0.15) is 34.7 Å². The van der Waals surface area contributed by atoms with E-state index < -0.39 is 6.04 Å². The second-order valence-corrected chi connectivity index (χ2v) is 6.20. The third-order valence-electron chi connectivity index (χ3n) is 4.45. The smallest absolute Gasteiger partial charge is 0.258 e. The summed E-state index contributed by atoms with van der Waals surface area (Å²) in [7, 11) is 1.59. The zero-order valence-electron chi connectivity index (χ0n) is 14.7. The maximum Gasteiger partial charge on any atom is 0.258 e. The fourth-order valence-electron chi connectivity index (χ4n) is 3.18. The Hall–Kier alpha value is -2.76. The molecule has 25 heavy (non-hydrogen) atoms. The lowest BCUT2D eigenvalue weighted by atomic mass is 10.1. The van der Waals surface area contributed by atoms with Gasteiger partial charge in [-0.3, -0.25) is 9.59 Å². The van der Waals surface area contributed by atoms with Crippen LogP contribution in [0.15, 0.2) is 34.7 Å². The summed E-state index contributed by atoms with van der Waals surface area (Å²) in [6.45, 7) is 4.15. The number of benzene rings is 1. The van der Waals surface area contributed by atoms with Crippen molar-refractivity contribution < 1.29 is 18.7 Å². The molecule has 6 nitrogen and oxygen atoms in total. The van der Waals surface area contributed by atoms with E-state index in [1.54, 1.807) is 49.3 Å². The number of hydrogen-bond donors (Lipinski definition) is 1. The first-order valence-electron chi connectivity index (χ1n) is 8.32. The third-order valence-corrected chi connectivity index (χ3v) is 4.45. The molecule has 1 N–H and O–H groups in total. The Morgan fingerprint density at radius 3 is 2.56 bits per heavy atom. The number of furan rings is 1. The molecule has 1 aliphatic heterocycles. The molecule has 132 valence electrons. The number of anilines is 1. The van der Waals surface area contributed by atoms with Crippen molar-refractivity contribution in [3.05, 3.63) is 47.4 Å². The minimum atomic E-state index is -0.468. The van der Waals surface area contributed by atoms with Crippen molar-refractivity contribution in [3.63, 3.8) is 0 Å². The Balaban J connectivity index is 1.72. The topological polar surface area (TPSA) is 71.8 Å². The molecule has 2 aromatic rings. The first-order valence-corrected chi connectivity index (χ1v) is 8.32. The van der Waals surface area contributed by atoms with Gasteiger partial charge < -0.3 is 19.4 Å². The fraction of sp³-hybridized carbons (Fsp3) is 0.368. The van der Waals surface area contributed by atoms with Crippen molar-refractivity contribution in [2.75, 3.05) is 19.0 Å². The van der Waals surface area contributed by atoms with Crippen molar-refractivity contribution in [2.24, 2.45) is 0 Å². The van der Waals surface area contributed by atoms with E-state index in [0.717, 1.165) is 12.2 Å². The molecule has 1 saturated heterocycles. The molecule has 1 aliphatic rings. The number of rotatable bonds is 4. The Morgan fingerprint density at radius 2 is 1.96 bits per heavy atom. The second-order valence-electron chi connectivity index (χ2n) is 6.20. The van der Waals surface area contributed by atoms with Crippen molar-refractivity contribution in [3.8, 4) is 5.75 Å². The van der Waals surface area contributed by atoms with Crippen LogP contribution in [0.4, 0.5) is 5.69 Å². The van der Waals surface area contributed by atoms with Gasteiger partial charge in [0.2, 0.25) is 5.91 Å². The molecule has 1 aromatic heterocycles. The van der Waals surface area contributed by atoms with Gasteiger partial charge in [0, 0.05) is 12.2 Å². The SMILES string of the molecule is COc1ccc(NC(=O)C2CCCN2C(=O)c2cc(C)oc2C)cc1. The largest absolute Gasteiger partial charge is 0.497 e. The Kier molecular flexibility index (Phi) is 4.79. The molecule has 1 aromatic carbocycles. The Bertz CT molecular complexity index is 779. The average Bonchev–Trinajstić information content (AvgIpc) is 3.21. The van der Waals surface area contributed by atoms with Crippen LogP contribution in [-0.4, -0.2) is 36.4 Å². The summed E-state index contributed by atoms with van der Waals surface area (Å²) in [5.41, 5.74) is 1.21. The molecule has 0 radical (unpaired) electrons. The van der Waals surface area contributed by atoms with E-state index in [2.05, 4.69) is 5.32 Å². The van der Waals surface area contributed by atoms with Crippen LogP contribution < -0.4 is 10.1 Å². The number of methoxy groups -OCH3 is 1. The summed E-state index contributed by atoms with van der Waals surface area (Å²) in [4.78, 5) is 27.1. The number of amides is 2. The van der Waals surface area contributed by atoms with E-state index in [-0.39, 0.29) is 11.8 Å². The first-order chi connectivity index (χ1) is 12.0. The third kappa shape index (κ3) is 3.52. The van der Waals surface area contributed by atoms with Gasteiger partial charge in [-0.1, -0.05) is 0 Å². The summed E-state index contributed by atoms with van der Waals surface area (Å²) in [5.74, 6) is 1.68. The zero-order valence-corrected chi connectivity index (χ0v) is 14.7. The summed E-state index contributed by atoms with van der Waals surface area (Å²) in [5, 5.41) is 2.88. The predicted octanol–water partition coefficient (Wildman–Crippen LogP) is 3.15. The summed E-state index contributed by atoms with van der Waals surface area (Å²) < 4.78 is 10.6. The lowest BCUT2D eigenvalue weighted by Gasteiger charge is -2.23. The van der Waals surface area contributed by atoms with Crippen LogP contribution in [0.25, 0.3) is 0 Å². The zero-order chi connectivity index (χ0) is 18.0. The van der Waals surface area contributed by atoms with E-state index in [1.807, 2.05) is 6.92 Å². The molecule has 0 saturated carbocycles. The number of nitrogens with one attached hydrogen (secondary N) is 1. The van der Waals surface area contributed by atoms with Crippen molar-refractivity contribution in [1.29, 1.82) is 0 Å².